The molecule has 0 aromatic heterocycles. The predicted octanol–water partition coefficient (Wildman–Crippen LogP) is 2.29. The van der Waals surface area contributed by atoms with Crippen molar-refractivity contribution in [2.75, 3.05) is 0 Å². The lowest BCUT2D eigenvalue weighted by molar-refractivity contribution is -0.130. The van der Waals surface area contributed by atoms with E-state index in [1.54, 1.807) is 13.0 Å². The minimum absolute atomic E-state index is 0.252. The highest BCUT2D eigenvalue weighted by atomic mass is 19.3. The van der Waals surface area contributed by atoms with E-state index in [9.17, 15) is 13.6 Å². The van der Waals surface area contributed by atoms with E-state index in [0.29, 0.717) is 5.56 Å². The maximum atomic E-state index is 12.7. The van der Waals surface area contributed by atoms with Crippen LogP contribution in [-0.4, -0.2) is 6.29 Å². The Morgan fingerprint density at radius 2 is 2.08 bits per heavy atom. The van der Waals surface area contributed by atoms with Crippen LogP contribution < -0.4 is 0 Å². The number of hydrogen-bond donors (Lipinski definition) is 0. The van der Waals surface area contributed by atoms with Gasteiger partial charge in [-0.3, -0.25) is 4.79 Å². The first-order valence-corrected chi connectivity index (χ1v) is 3.47. The zero-order chi connectivity index (χ0) is 9.19. The van der Waals surface area contributed by atoms with Crippen LogP contribution in [0.3, 0.4) is 0 Å². The van der Waals surface area contributed by atoms with Gasteiger partial charge in [-0.05, 0) is 13.0 Å². The second kappa shape index (κ2) is 3.01. The van der Waals surface area contributed by atoms with Gasteiger partial charge in [-0.1, -0.05) is 23.8 Å². The summed E-state index contributed by atoms with van der Waals surface area (Å²) in [4.78, 5) is 9.99. The molecule has 0 saturated heterocycles. The van der Waals surface area contributed by atoms with Crippen molar-refractivity contribution in [3.63, 3.8) is 0 Å². The second-order valence-corrected chi connectivity index (χ2v) is 2.61. The lowest BCUT2D eigenvalue weighted by Crippen LogP contribution is -2.14. The molecule has 0 N–H and O–H groups in total. The number of rotatable bonds is 2. The molecule has 0 aliphatic carbocycles. The number of aryl methyl sites for hydroxylation is 1. The SMILES string of the molecule is Cc1cccc(C(F)(F)C=O)c1. The molecule has 3 heteroatoms. The van der Waals surface area contributed by atoms with Crippen molar-refractivity contribution in [2.45, 2.75) is 12.8 Å². The van der Waals surface area contributed by atoms with Crippen LogP contribution in [0.2, 0.25) is 0 Å². The Morgan fingerprint density at radius 1 is 1.42 bits per heavy atom. The molecule has 12 heavy (non-hydrogen) atoms. The fraction of sp³-hybridized carbons (Fsp3) is 0.222. The van der Waals surface area contributed by atoms with E-state index >= 15 is 0 Å². The van der Waals surface area contributed by atoms with Crippen molar-refractivity contribution in [3.05, 3.63) is 35.4 Å². The van der Waals surface area contributed by atoms with E-state index in [4.69, 9.17) is 0 Å². The van der Waals surface area contributed by atoms with Gasteiger partial charge in [-0.15, -0.1) is 0 Å². The molecule has 0 aliphatic heterocycles. The monoisotopic (exact) mass is 170 g/mol. The van der Waals surface area contributed by atoms with E-state index in [2.05, 4.69) is 0 Å². The Balaban J connectivity index is 3.11. The fourth-order valence-electron chi connectivity index (χ4n) is 0.920. The standard InChI is InChI=1S/C9H8F2O/c1-7-3-2-4-8(5-7)9(10,11)6-12/h2-6H,1H3. The zero-order valence-corrected chi connectivity index (χ0v) is 6.55. The van der Waals surface area contributed by atoms with Crippen LogP contribution in [-0.2, 0) is 10.7 Å². The lowest BCUT2D eigenvalue weighted by atomic mass is 10.1. The quantitative estimate of drug-likeness (QED) is 0.622. The fourth-order valence-corrected chi connectivity index (χ4v) is 0.920. The zero-order valence-electron chi connectivity index (χ0n) is 6.55. The number of aldehydes is 1. The molecule has 0 radical (unpaired) electrons. The van der Waals surface area contributed by atoms with Crippen molar-refractivity contribution in [1.82, 2.24) is 0 Å². The summed E-state index contributed by atoms with van der Waals surface area (Å²) in [7, 11) is 0. The Labute approximate surface area is 69.0 Å². The summed E-state index contributed by atoms with van der Waals surface area (Å²) >= 11 is 0. The molecule has 0 unspecified atom stereocenters. The maximum absolute atomic E-state index is 12.7. The van der Waals surface area contributed by atoms with Gasteiger partial charge < -0.3 is 0 Å². The summed E-state index contributed by atoms with van der Waals surface area (Å²) in [5.41, 5.74) is 0.464. The summed E-state index contributed by atoms with van der Waals surface area (Å²) in [5, 5.41) is 0. The van der Waals surface area contributed by atoms with Gasteiger partial charge in [0.15, 0.2) is 6.29 Å². The van der Waals surface area contributed by atoms with Crippen molar-refractivity contribution < 1.29 is 13.6 Å². The van der Waals surface area contributed by atoms with Gasteiger partial charge in [-0.25, -0.2) is 0 Å². The Morgan fingerprint density at radius 3 is 2.58 bits per heavy atom. The Kier molecular flexibility index (Phi) is 2.22. The number of hydrogen-bond acceptors (Lipinski definition) is 1. The third-order valence-electron chi connectivity index (χ3n) is 1.55. The number of carbonyl (C=O) groups is 1. The molecule has 1 rings (SSSR count). The molecule has 1 aromatic carbocycles. The third-order valence-corrected chi connectivity index (χ3v) is 1.55. The van der Waals surface area contributed by atoms with Gasteiger partial charge >= 0.3 is 5.92 Å². The molecule has 64 valence electrons. The van der Waals surface area contributed by atoms with Gasteiger partial charge in [0.25, 0.3) is 0 Å². The van der Waals surface area contributed by atoms with Crippen LogP contribution in [0.4, 0.5) is 8.78 Å². The van der Waals surface area contributed by atoms with E-state index in [1.807, 2.05) is 0 Å². The molecule has 0 aliphatic rings. The van der Waals surface area contributed by atoms with Crippen LogP contribution in [0.5, 0.6) is 0 Å². The van der Waals surface area contributed by atoms with Crippen LogP contribution in [0.25, 0.3) is 0 Å². The minimum atomic E-state index is -3.36. The van der Waals surface area contributed by atoms with Crippen LogP contribution >= 0.6 is 0 Å². The maximum Gasteiger partial charge on any atom is 0.327 e. The van der Waals surface area contributed by atoms with Crippen LogP contribution in [0.1, 0.15) is 11.1 Å². The highest BCUT2D eigenvalue weighted by molar-refractivity contribution is 5.63. The van der Waals surface area contributed by atoms with Gasteiger partial charge in [0, 0.05) is 5.56 Å². The van der Waals surface area contributed by atoms with E-state index in [0.717, 1.165) is 0 Å². The first-order valence-electron chi connectivity index (χ1n) is 3.47. The smallest absolute Gasteiger partial charge is 0.296 e. The molecule has 0 atom stereocenters. The first kappa shape index (κ1) is 8.84. The number of alkyl halides is 2. The van der Waals surface area contributed by atoms with Gasteiger partial charge in [0.1, 0.15) is 0 Å². The summed E-state index contributed by atoms with van der Waals surface area (Å²) in [6.07, 6.45) is -0.345. The summed E-state index contributed by atoms with van der Waals surface area (Å²) < 4.78 is 25.4. The van der Waals surface area contributed by atoms with Crippen LogP contribution in [0, 0.1) is 6.92 Å². The largest absolute Gasteiger partial charge is 0.327 e. The predicted molar refractivity (Wildman–Crippen MR) is 41.1 cm³/mol. The minimum Gasteiger partial charge on any atom is -0.296 e. The average molecular weight is 170 g/mol. The summed E-state index contributed by atoms with van der Waals surface area (Å²) in [5.74, 6) is -3.36. The second-order valence-electron chi connectivity index (χ2n) is 2.61. The average Bonchev–Trinajstić information content (AvgIpc) is 2.05. The molecular formula is C9H8F2O. The summed E-state index contributed by atoms with van der Waals surface area (Å²) in [6.45, 7) is 1.70. The van der Waals surface area contributed by atoms with Crippen molar-refractivity contribution in [1.29, 1.82) is 0 Å². The van der Waals surface area contributed by atoms with Gasteiger partial charge in [-0.2, -0.15) is 8.78 Å². The van der Waals surface area contributed by atoms with E-state index < -0.39 is 5.92 Å². The van der Waals surface area contributed by atoms with Crippen molar-refractivity contribution >= 4 is 6.29 Å². The highest BCUT2D eigenvalue weighted by Gasteiger charge is 2.30. The lowest BCUT2D eigenvalue weighted by Gasteiger charge is -2.08. The van der Waals surface area contributed by atoms with Gasteiger partial charge in [0.2, 0.25) is 0 Å². The normalized spacial score (nSPS) is 11.2. The molecule has 1 nitrogen and oxygen atoms in total. The number of carbonyl (C=O) groups excluding carboxylic acids is 1. The Bertz CT molecular complexity index is 294. The molecular weight excluding hydrogens is 162 g/mol. The molecule has 0 saturated carbocycles. The Hall–Kier alpha value is -1.25. The summed E-state index contributed by atoms with van der Waals surface area (Å²) in [6, 6.07) is 5.74. The molecule has 0 heterocycles. The highest BCUT2D eigenvalue weighted by Crippen LogP contribution is 2.25. The number of halogens is 2. The molecule has 1 aromatic rings. The molecule has 0 bridgehead atoms. The van der Waals surface area contributed by atoms with Crippen molar-refractivity contribution in [3.8, 4) is 0 Å². The number of benzene rings is 1. The first-order chi connectivity index (χ1) is 5.56. The van der Waals surface area contributed by atoms with Crippen LogP contribution in [0.15, 0.2) is 24.3 Å². The van der Waals surface area contributed by atoms with E-state index in [1.165, 1.54) is 18.2 Å². The van der Waals surface area contributed by atoms with E-state index in [-0.39, 0.29) is 11.8 Å². The third kappa shape index (κ3) is 1.67. The molecule has 0 fully saturated rings. The van der Waals surface area contributed by atoms with Crippen molar-refractivity contribution in [2.24, 2.45) is 0 Å². The van der Waals surface area contributed by atoms with Gasteiger partial charge in [0.05, 0.1) is 0 Å². The molecule has 0 spiro atoms. The molecule has 0 amide bonds. The topological polar surface area (TPSA) is 17.1 Å².